The lowest BCUT2D eigenvalue weighted by Gasteiger charge is -2.10. The van der Waals surface area contributed by atoms with Crippen molar-refractivity contribution in [2.75, 3.05) is 33.9 Å². The molecule has 0 saturated heterocycles. The molecule has 0 spiro atoms. The van der Waals surface area contributed by atoms with E-state index in [2.05, 4.69) is 30.9 Å². The van der Waals surface area contributed by atoms with Gasteiger partial charge < -0.3 is 18.8 Å². The second-order valence-corrected chi connectivity index (χ2v) is 6.88. The average molecular weight is 368 g/mol. The molecule has 0 aliphatic carbocycles. The molecule has 3 aromatic rings. The summed E-state index contributed by atoms with van der Waals surface area (Å²) in [6, 6.07) is 13.7. The first-order chi connectivity index (χ1) is 13.2. The monoisotopic (exact) mass is 368 g/mol. The Morgan fingerprint density at radius 1 is 0.926 bits per heavy atom. The van der Waals surface area contributed by atoms with Gasteiger partial charge in [0.2, 0.25) is 5.89 Å². The van der Waals surface area contributed by atoms with E-state index in [1.54, 1.807) is 0 Å². The fraction of sp³-hybridized carbons (Fsp3) is 0.409. The molecule has 0 unspecified atom stereocenters. The molecule has 27 heavy (non-hydrogen) atoms. The van der Waals surface area contributed by atoms with Crippen molar-refractivity contribution in [3.8, 4) is 23.0 Å². The number of fused-ring (bicyclic) bond motifs is 1. The van der Waals surface area contributed by atoms with Gasteiger partial charge in [-0.05, 0) is 63.3 Å². The molecule has 0 atom stereocenters. The van der Waals surface area contributed by atoms with Gasteiger partial charge in [-0.2, -0.15) is 0 Å². The van der Waals surface area contributed by atoms with E-state index in [1.165, 1.54) is 0 Å². The number of benzene rings is 2. The Balaban J connectivity index is 1.65. The lowest BCUT2D eigenvalue weighted by molar-refractivity contribution is 0.281. The van der Waals surface area contributed by atoms with Gasteiger partial charge in [0.05, 0.1) is 13.2 Å². The summed E-state index contributed by atoms with van der Waals surface area (Å²) >= 11 is 0. The summed E-state index contributed by atoms with van der Waals surface area (Å²) in [7, 11) is 4.12. The predicted octanol–water partition coefficient (Wildman–Crippen LogP) is 5.00. The van der Waals surface area contributed by atoms with Crippen molar-refractivity contribution in [2.24, 2.45) is 0 Å². The Kier molecular flexibility index (Phi) is 6.71. The number of hydrogen-bond acceptors (Lipinski definition) is 5. The lowest BCUT2D eigenvalue weighted by Crippen LogP contribution is -2.15. The van der Waals surface area contributed by atoms with E-state index in [1.807, 2.05) is 42.5 Å². The van der Waals surface area contributed by atoms with Crippen molar-refractivity contribution < 1.29 is 13.9 Å². The quantitative estimate of drug-likeness (QED) is 0.471. The van der Waals surface area contributed by atoms with E-state index in [4.69, 9.17) is 13.9 Å². The van der Waals surface area contributed by atoms with Crippen LogP contribution in [0.15, 0.2) is 46.9 Å². The lowest BCUT2D eigenvalue weighted by atomic mass is 10.2. The summed E-state index contributed by atoms with van der Waals surface area (Å²) in [5.41, 5.74) is 2.50. The van der Waals surface area contributed by atoms with Gasteiger partial charge in [-0.1, -0.05) is 13.3 Å². The minimum atomic E-state index is 0.606. The van der Waals surface area contributed by atoms with Crippen LogP contribution >= 0.6 is 0 Å². The zero-order valence-electron chi connectivity index (χ0n) is 16.4. The second kappa shape index (κ2) is 9.42. The molecule has 2 aromatic carbocycles. The summed E-state index contributed by atoms with van der Waals surface area (Å²) in [4.78, 5) is 6.73. The van der Waals surface area contributed by atoms with Gasteiger partial charge in [0.15, 0.2) is 5.58 Å². The molecule has 1 aromatic heterocycles. The minimum absolute atomic E-state index is 0.606. The summed E-state index contributed by atoms with van der Waals surface area (Å²) in [6.45, 7) is 4.59. The maximum atomic E-state index is 5.94. The van der Waals surface area contributed by atoms with Crippen molar-refractivity contribution in [3.05, 3.63) is 42.5 Å². The third-order valence-corrected chi connectivity index (χ3v) is 4.25. The largest absolute Gasteiger partial charge is 0.494 e. The van der Waals surface area contributed by atoms with Crippen LogP contribution < -0.4 is 9.47 Å². The molecule has 0 saturated carbocycles. The van der Waals surface area contributed by atoms with Crippen molar-refractivity contribution in [1.82, 2.24) is 9.88 Å². The van der Waals surface area contributed by atoms with Crippen LogP contribution in [0.5, 0.6) is 11.5 Å². The maximum absolute atomic E-state index is 5.94. The fourth-order valence-corrected chi connectivity index (χ4v) is 2.72. The van der Waals surface area contributed by atoms with Crippen LogP contribution in [0.25, 0.3) is 22.6 Å². The van der Waals surface area contributed by atoms with Crippen LogP contribution in [-0.2, 0) is 0 Å². The molecule has 5 nitrogen and oxygen atoms in total. The average Bonchev–Trinajstić information content (AvgIpc) is 3.09. The van der Waals surface area contributed by atoms with E-state index in [0.717, 1.165) is 60.6 Å². The molecule has 0 aliphatic rings. The molecular weight excluding hydrogens is 340 g/mol. The van der Waals surface area contributed by atoms with Crippen LogP contribution in [-0.4, -0.2) is 43.7 Å². The number of oxazole rings is 1. The van der Waals surface area contributed by atoms with E-state index in [9.17, 15) is 0 Å². The van der Waals surface area contributed by atoms with Crippen LogP contribution in [0.3, 0.4) is 0 Å². The van der Waals surface area contributed by atoms with Crippen molar-refractivity contribution in [1.29, 1.82) is 0 Å². The number of hydrogen-bond donors (Lipinski definition) is 0. The van der Waals surface area contributed by atoms with E-state index < -0.39 is 0 Å². The Labute approximate surface area is 160 Å². The fourth-order valence-electron chi connectivity index (χ4n) is 2.72. The Morgan fingerprint density at radius 2 is 1.63 bits per heavy atom. The third kappa shape index (κ3) is 5.47. The molecule has 0 amide bonds. The van der Waals surface area contributed by atoms with Crippen LogP contribution in [0, 0.1) is 0 Å². The number of aromatic nitrogens is 1. The molecule has 1 heterocycles. The van der Waals surface area contributed by atoms with Gasteiger partial charge in [0.25, 0.3) is 0 Å². The highest BCUT2D eigenvalue weighted by molar-refractivity contribution is 5.77. The summed E-state index contributed by atoms with van der Waals surface area (Å²) < 4.78 is 17.5. The van der Waals surface area contributed by atoms with Gasteiger partial charge in [-0.15, -0.1) is 0 Å². The smallest absolute Gasteiger partial charge is 0.227 e. The molecule has 0 fully saturated rings. The molecule has 0 N–H and O–H groups in total. The predicted molar refractivity (Wildman–Crippen MR) is 109 cm³/mol. The molecule has 144 valence electrons. The van der Waals surface area contributed by atoms with Crippen molar-refractivity contribution in [3.63, 3.8) is 0 Å². The normalized spacial score (nSPS) is 11.3. The zero-order chi connectivity index (χ0) is 19.1. The van der Waals surface area contributed by atoms with Gasteiger partial charge in [-0.25, -0.2) is 4.98 Å². The highest BCUT2D eigenvalue weighted by Gasteiger charge is 2.09. The Morgan fingerprint density at radius 3 is 2.37 bits per heavy atom. The molecular formula is C22H28N2O3. The van der Waals surface area contributed by atoms with E-state index in [-0.39, 0.29) is 0 Å². The summed E-state index contributed by atoms with van der Waals surface area (Å²) in [5, 5.41) is 0. The molecule has 0 bridgehead atoms. The number of nitrogens with zero attached hydrogens (tertiary/aromatic N) is 2. The summed E-state index contributed by atoms with van der Waals surface area (Å²) in [6.07, 6.45) is 3.17. The minimum Gasteiger partial charge on any atom is -0.494 e. The standard InChI is InChI=1S/C22H28N2O3/c1-4-5-14-25-18-9-7-17(8-10-18)22-23-20-12-11-19(16-21(20)27-22)26-15-6-13-24(2)3/h7-12,16H,4-6,13-15H2,1-3H3. The van der Waals surface area contributed by atoms with Gasteiger partial charge in [0.1, 0.15) is 17.0 Å². The second-order valence-electron chi connectivity index (χ2n) is 6.88. The maximum Gasteiger partial charge on any atom is 0.227 e. The topological polar surface area (TPSA) is 47.7 Å². The Hall–Kier alpha value is -2.53. The summed E-state index contributed by atoms with van der Waals surface area (Å²) in [5.74, 6) is 2.29. The van der Waals surface area contributed by atoms with Crippen LogP contribution in [0.4, 0.5) is 0 Å². The first kappa shape index (κ1) is 19.2. The van der Waals surface area contributed by atoms with Crippen molar-refractivity contribution >= 4 is 11.1 Å². The first-order valence-electron chi connectivity index (χ1n) is 9.57. The van der Waals surface area contributed by atoms with Crippen LogP contribution in [0.1, 0.15) is 26.2 Å². The highest BCUT2D eigenvalue weighted by atomic mass is 16.5. The molecule has 0 radical (unpaired) electrons. The zero-order valence-corrected chi connectivity index (χ0v) is 16.4. The van der Waals surface area contributed by atoms with Crippen molar-refractivity contribution in [2.45, 2.75) is 26.2 Å². The molecule has 5 heteroatoms. The van der Waals surface area contributed by atoms with Gasteiger partial charge in [-0.3, -0.25) is 0 Å². The number of unbranched alkanes of at least 4 members (excludes halogenated alkanes) is 1. The van der Waals surface area contributed by atoms with Gasteiger partial charge >= 0.3 is 0 Å². The first-order valence-corrected chi connectivity index (χ1v) is 9.57. The highest BCUT2D eigenvalue weighted by Crippen LogP contribution is 2.28. The molecule has 3 rings (SSSR count). The number of rotatable bonds is 10. The van der Waals surface area contributed by atoms with E-state index >= 15 is 0 Å². The van der Waals surface area contributed by atoms with E-state index in [0.29, 0.717) is 12.5 Å². The Bertz CT molecular complexity index is 840. The van der Waals surface area contributed by atoms with Gasteiger partial charge in [0, 0.05) is 18.2 Å². The van der Waals surface area contributed by atoms with Crippen LogP contribution in [0.2, 0.25) is 0 Å². The SMILES string of the molecule is CCCCOc1ccc(-c2nc3ccc(OCCCN(C)C)cc3o2)cc1. The number of ether oxygens (including phenoxy) is 2. The third-order valence-electron chi connectivity index (χ3n) is 4.25. The molecule has 0 aliphatic heterocycles.